The Labute approximate surface area is 78.8 Å². The van der Waals surface area contributed by atoms with Gasteiger partial charge in [-0.15, -0.1) is 0 Å². The van der Waals surface area contributed by atoms with Gasteiger partial charge in [-0.2, -0.15) is 0 Å². The number of carbonyl (C=O) groups excluding carboxylic acids is 1. The van der Waals surface area contributed by atoms with E-state index in [9.17, 15) is 4.79 Å². The number of carbonyl (C=O) groups is 1. The molecule has 0 heterocycles. The summed E-state index contributed by atoms with van der Waals surface area (Å²) in [5.41, 5.74) is 11.5. The molecule has 1 amide bonds. The zero-order valence-corrected chi connectivity index (χ0v) is 8.27. The second kappa shape index (κ2) is 3.60. The van der Waals surface area contributed by atoms with E-state index in [2.05, 4.69) is 6.92 Å². The smallest absolute Gasteiger partial charge is 0.242 e. The summed E-state index contributed by atoms with van der Waals surface area (Å²) in [6.07, 6.45) is 0.224. The molecule has 2 nitrogen and oxygen atoms in total. The van der Waals surface area contributed by atoms with Crippen molar-refractivity contribution in [2.24, 2.45) is 0 Å². The molecule has 0 spiro atoms. The van der Waals surface area contributed by atoms with Gasteiger partial charge in [0.05, 0.1) is 6.42 Å². The molecule has 0 fully saturated rings. The van der Waals surface area contributed by atoms with Gasteiger partial charge >= 0.3 is 0 Å². The number of benzene rings is 1. The fourth-order valence-corrected chi connectivity index (χ4v) is 1.41. The van der Waals surface area contributed by atoms with Crippen LogP contribution in [0.1, 0.15) is 22.3 Å². The van der Waals surface area contributed by atoms with E-state index in [0.29, 0.717) is 0 Å². The highest BCUT2D eigenvalue weighted by Crippen LogP contribution is 2.15. The number of aryl methyl sites for hydroxylation is 2. The summed E-state index contributed by atoms with van der Waals surface area (Å²) in [5.74, 6) is -0.525. The molecule has 0 aliphatic carbocycles. The summed E-state index contributed by atoms with van der Waals surface area (Å²) in [6.45, 7) is 6.12. The second-order valence-electron chi connectivity index (χ2n) is 3.45. The Morgan fingerprint density at radius 1 is 1.23 bits per heavy atom. The third-order valence-corrected chi connectivity index (χ3v) is 2.35. The summed E-state index contributed by atoms with van der Waals surface area (Å²) < 4.78 is 0. The molecule has 69 valence electrons. The molecule has 1 radical (unpaired) electrons. The van der Waals surface area contributed by atoms with Crippen LogP contribution in [-0.4, -0.2) is 5.91 Å². The number of hydrogen-bond acceptors (Lipinski definition) is 1. The number of amides is 1. The van der Waals surface area contributed by atoms with Crippen molar-refractivity contribution in [3.8, 4) is 0 Å². The van der Waals surface area contributed by atoms with Crippen molar-refractivity contribution in [3.05, 3.63) is 34.4 Å². The van der Waals surface area contributed by atoms with Crippen molar-refractivity contribution in [2.75, 3.05) is 0 Å². The van der Waals surface area contributed by atoms with Crippen LogP contribution in [0.2, 0.25) is 0 Å². The van der Waals surface area contributed by atoms with E-state index in [-0.39, 0.29) is 6.42 Å². The Bertz CT molecular complexity index is 319. The normalized spacial score (nSPS) is 10.1. The Kier molecular flexibility index (Phi) is 2.71. The molecular formula is C11H14NO. The predicted molar refractivity (Wildman–Crippen MR) is 52.5 cm³/mol. The van der Waals surface area contributed by atoms with E-state index in [1.54, 1.807) is 0 Å². The van der Waals surface area contributed by atoms with Crippen LogP contribution < -0.4 is 5.73 Å². The third-order valence-electron chi connectivity index (χ3n) is 2.35. The molecule has 2 heteroatoms. The molecule has 0 aliphatic rings. The van der Waals surface area contributed by atoms with Gasteiger partial charge in [-0.3, -0.25) is 10.5 Å². The van der Waals surface area contributed by atoms with Crippen LogP contribution in [-0.2, 0) is 11.2 Å². The van der Waals surface area contributed by atoms with E-state index < -0.39 is 5.91 Å². The fourth-order valence-electron chi connectivity index (χ4n) is 1.41. The first kappa shape index (κ1) is 9.78. The molecule has 0 aromatic heterocycles. The molecule has 0 bridgehead atoms. The van der Waals surface area contributed by atoms with E-state index in [4.69, 9.17) is 5.73 Å². The molecule has 1 aromatic rings. The quantitative estimate of drug-likeness (QED) is 0.679. The topological polar surface area (TPSA) is 40.9 Å². The largest absolute Gasteiger partial charge is 0.273 e. The molecule has 0 unspecified atom stereocenters. The lowest BCUT2D eigenvalue weighted by Gasteiger charge is -2.07. The van der Waals surface area contributed by atoms with Crippen LogP contribution in [0.25, 0.3) is 0 Å². The number of nitrogens with one attached hydrogen (secondary N) is 1. The zero-order valence-electron chi connectivity index (χ0n) is 8.27. The maximum absolute atomic E-state index is 10.6. The van der Waals surface area contributed by atoms with Crippen molar-refractivity contribution in [2.45, 2.75) is 27.2 Å². The Hall–Kier alpha value is -1.31. The molecule has 1 aromatic carbocycles. The first-order valence-electron chi connectivity index (χ1n) is 4.32. The average Bonchev–Trinajstić information content (AvgIpc) is 1.98. The number of rotatable bonds is 2. The SMILES string of the molecule is Cc1cc(CC([NH])=O)cc(C)c1C. The first-order valence-corrected chi connectivity index (χ1v) is 4.32. The van der Waals surface area contributed by atoms with Crippen LogP contribution in [0.3, 0.4) is 0 Å². The van der Waals surface area contributed by atoms with Crippen molar-refractivity contribution >= 4 is 5.91 Å². The second-order valence-corrected chi connectivity index (χ2v) is 3.45. The Morgan fingerprint density at radius 2 is 1.69 bits per heavy atom. The van der Waals surface area contributed by atoms with Gasteiger partial charge in [-0.25, -0.2) is 0 Å². The highest BCUT2D eigenvalue weighted by molar-refractivity contribution is 5.76. The van der Waals surface area contributed by atoms with Crippen molar-refractivity contribution in [1.29, 1.82) is 0 Å². The van der Waals surface area contributed by atoms with Gasteiger partial charge in [0, 0.05) is 0 Å². The summed E-state index contributed by atoms with van der Waals surface area (Å²) in [4.78, 5) is 10.6. The van der Waals surface area contributed by atoms with Crippen LogP contribution in [0.5, 0.6) is 0 Å². The lowest BCUT2D eigenvalue weighted by Crippen LogP contribution is -2.03. The fraction of sp³-hybridized carbons (Fsp3) is 0.364. The molecule has 1 N–H and O–H groups in total. The maximum Gasteiger partial charge on any atom is 0.242 e. The van der Waals surface area contributed by atoms with Crippen molar-refractivity contribution in [1.82, 2.24) is 5.73 Å². The predicted octanol–water partition coefficient (Wildman–Crippen LogP) is 1.96. The minimum absolute atomic E-state index is 0.224. The van der Waals surface area contributed by atoms with Gasteiger partial charge in [0.15, 0.2) is 0 Å². The van der Waals surface area contributed by atoms with Crippen molar-refractivity contribution < 1.29 is 4.79 Å². The van der Waals surface area contributed by atoms with Gasteiger partial charge in [-0.05, 0) is 43.0 Å². The van der Waals surface area contributed by atoms with Crippen LogP contribution in [0.15, 0.2) is 12.1 Å². The van der Waals surface area contributed by atoms with E-state index >= 15 is 0 Å². The minimum atomic E-state index is -0.525. The average molecular weight is 176 g/mol. The summed E-state index contributed by atoms with van der Waals surface area (Å²) >= 11 is 0. The monoisotopic (exact) mass is 176 g/mol. The van der Waals surface area contributed by atoms with E-state index in [1.807, 2.05) is 26.0 Å². The molecule has 0 aliphatic heterocycles. The van der Waals surface area contributed by atoms with Crippen LogP contribution in [0.4, 0.5) is 0 Å². The third kappa shape index (κ3) is 2.31. The van der Waals surface area contributed by atoms with Crippen molar-refractivity contribution in [3.63, 3.8) is 0 Å². The molecule has 13 heavy (non-hydrogen) atoms. The van der Waals surface area contributed by atoms with Gasteiger partial charge in [0.25, 0.3) is 0 Å². The van der Waals surface area contributed by atoms with Gasteiger partial charge < -0.3 is 0 Å². The molecule has 1 rings (SSSR count). The molecule has 0 saturated heterocycles. The highest BCUT2D eigenvalue weighted by Gasteiger charge is 2.03. The molecular weight excluding hydrogens is 162 g/mol. The van der Waals surface area contributed by atoms with E-state index in [0.717, 1.165) is 5.56 Å². The Balaban J connectivity index is 3.06. The number of hydrogen-bond donors (Lipinski definition) is 0. The van der Waals surface area contributed by atoms with Crippen LogP contribution in [0, 0.1) is 20.8 Å². The summed E-state index contributed by atoms with van der Waals surface area (Å²) in [7, 11) is 0. The minimum Gasteiger partial charge on any atom is -0.273 e. The van der Waals surface area contributed by atoms with Gasteiger partial charge in [-0.1, -0.05) is 12.1 Å². The van der Waals surface area contributed by atoms with Gasteiger partial charge in [0.2, 0.25) is 5.91 Å². The lowest BCUT2D eigenvalue weighted by atomic mass is 9.99. The summed E-state index contributed by atoms with van der Waals surface area (Å²) in [5, 5.41) is 0. The van der Waals surface area contributed by atoms with Crippen LogP contribution >= 0.6 is 0 Å². The molecule has 0 atom stereocenters. The van der Waals surface area contributed by atoms with E-state index in [1.165, 1.54) is 16.7 Å². The standard InChI is InChI=1S/C11H14NO/c1-7-4-10(6-11(12)13)5-8(2)9(7)3/h4-5,12H,6H2,1-3H3. The lowest BCUT2D eigenvalue weighted by molar-refractivity contribution is -0.118. The van der Waals surface area contributed by atoms with Gasteiger partial charge in [0.1, 0.15) is 0 Å². The molecule has 0 saturated carbocycles. The Morgan fingerprint density at radius 3 is 2.08 bits per heavy atom. The maximum atomic E-state index is 10.6. The highest BCUT2D eigenvalue weighted by atomic mass is 16.1. The zero-order chi connectivity index (χ0) is 10.0. The first-order chi connectivity index (χ1) is 6.00. The summed E-state index contributed by atoms with van der Waals surface area (Å²) in [6, 6.07) is 3.96.